The van der Waals surface area contributed by atoms with E-state index in [0.717, 1.165) is 31.4 Å². The molecule has 2 aromatic carbocycles. The zero-order chi connectivity index (χ0) is 19.3. The van der Waals surface area contributed by atoms with Crippen LogP contribution in [-0.2, 0) is 4.79 Å². The Balaban J connectivity index is 1.27. The number of carbonyl (C=O) groups is 1. The summed E-state index contributed by atoms with van der Waals surface area (Å²) in [7, 11) is 1.61. The maximum atomic E-state index is 12.5. The standard InChI is InChI=1S/C22H24N2O3S/c1-26-18-7-3-4-8-19(18)27-15-12-21(25)24-13-10-16(11-14-24)22-23-17-6-2-5-9-20(17)28-22/h2-9,16H,10-15H2,1H3. The number of hydrogen-bond acceptors (Lipinski definition) is 5. The van der Waals surface area contributed by atoms with Crippen molar-refractivity contribution in [3.63, 3.8) is 0 Å². The van der Waals surface area contributed by atoms with Crippen molar-refractivity contribution in [2.24, 2.45) is 0 Å². The molecule has 3 aromatic rings. The summed E-state index contributed by atoms with van der Waals surface area (Å²) in [5.41, 5.74) is 1.08. The van der Waals surface area contributed by atoms with Gasteiger partial charge in [0.15, 0.2) is 11.5 Å². The summed E-state index contributed by atoms with van der Waals surface area (Å²) in [4.78, 5) is 19.3. The van der Waals surface area contributed by atoms with Gasteiger partial charge in [0.25, 0.3) is 0 Å². The molecule has 4 rings (SSSR count). The van der Waals surface area contributed by atoms with Crippen LogP contribution in [0.1, 0.15) is 30.2 Å². The number of aromatic nitrogens is 1. The van der Waals surface area contributed by atoms with Crippen molar-refractivity contribution in [2.75, 3.05) is 26.8 Å². The van der Waals surface area contributed by atoms with Crippen LogP contribution in [0.15, 0.2) is 48.5 Å². The lowest BCUT2D eigenvalue weighted by molar-refractivity contribution is -0.132. The van der Waals surface area contributed by atoms with Crippen LogP contribution in [0.25, 0.3) is 10.2 Å². The van der Waals surface area contributed by atoms with Gasteiger partial charge < -0.3 is 14.4 Å². The molecule has 0 saturated carbocycles. The van der Waals surface area contributed by atoms with Gasteiger partial charge in [-0.2, -0.15) is 0 Å². The fourth-order valence-corrected chi connectivity index (χ4v) is 4.72. The quantitative estimate of drug-likeness (QED) is 0.616. The van der Waals surface area contributed by atoms with Gasteiger partial charge in [-0.25, -0.2) is 4.98 Å². The number of amides is 1. The number of rotatable bonds is 6. The zero-order valence-electron chi connectivity index (χ0n) is 16.0. The predicted molar refractivity (Wildman–Crippen MR) is 111 cm³/mol. The maximum Gasteiger partial charge on any atom is 0.225 e. The summed E-state index contributed by atoms with van der Waals surface area (Å²) in [5, 5.41) is 1.20. The summed E-state index contributed by atoms with van der Waals surface area (Å²) >= 11 is 1.78. The van der Waals surface area contributed by atoms with Gasteiger partial charge in [0.2, 0.25) is 5.91 Å². The van der Waals surface area contributed by atoms with Crippen LogP contribution in [-0.4, -0.2) is 42.6 Å². The first-order chi connectivity index (χ1) is 13.7. The number of hydrogen-bond donors (Lipinski definition) is 0. The third-order valence-corrected chi connectivity index (χ3v) is 6.35. The number of benzene rings is 2. The Bertz CT molecular complexity index is 915. The van der Waals surface area contributed by atoms with E-state index in [4.69, 9.17) is 14.5 Å². The van der Waals surface area contributed by atoms with E-state index in [0.29, 0.717) is 30.4 Å². The highest BCUT2D eigenvalue weighted by Crippen LogP contribution is 2.34. The Morgan fingerprint density at radius 3 is 2.57 bits per heavy atom. The molecule has 1 aliphatic rings. The molecule has 0 atom stereocenters. The highest BCUT2D eigenvalue weighted by molar-refractivity contribution is 7.18. The van der Waals surface area contributed by atoms with Gasteiger partial charge in [-0.3, -0.25) is 4.79 Å². The molecule has 0 N–H and O–H groups in total. The summed E-state index contributed by atoms with van der Waals surface area (Å²) in [6, 6.07) is 15.8. The number of fused-ring (bicyclic) bond motifs is 1. The lowest BCUT2D eigenvalue weighted by atomic mass is 9.97. The Morgan fingerprint density at radius 1 is 1.11 bits per heavy atom. The zero-order valence-corrected chi connectivity index (χ0v) is 16.8. The van der Waals surface area contributed by atoms with Crippen molar-refractivity contribution in [2.45, 2.75) is 25.2 Å². The number of likely N-dealkylation sites (tertiary alicyclic amines) is 1. The molecule has 1 aliphatic heterocycles. The minimum absolute atomic E-state index is 0.151. The molecule has 0 radical (unpaired) electrons. The molecule has 2 heterocycles. The van der Waals surface area contributed by atoms with Crippen LogP contribution in [0.3, 0.4) is 0 Å². The first-order valence-corrected chi connectivity index (χ1v) is 10.5. The highest BCUT2D eigenvalue weighted by Gasteiger charge is 2.25. The molecule has 5 nitrogen and oxygen atoms in total. The molecule has 0 bridgehead atoms. The number of nitrogens with zero attached hydrogens (tertiary/aromatic N) is 2. The number of para-hydroxylation sites is 3. The fraction of sp³-hybridized carbons (Fsp3) is 0.364. The molecule has 0 unspecified atom stereocenters. The molecule has 1 aromatic heterocycles. The smallest absolute Gasteiger partial charge is 0.225 e. The average molecular weight is 397 g/mol. The normalized spacial score (nSPS) is 15.0. The molecular formula is C22H24N2O3S. The summed E-state index contributed by atoms with van der Waals surface area (Å²) in [6.45, 7) is 1.93. The molecule has 0 aliphatic carbocycles. The maximum absolute atomic E-state index is 12.5. The van der Waals surface area contributed by atoms with E-state index in [1.165, 1.54) is 9.71 Å². The van der Waals surface area contributed by atoms with Gasteiger partial charge in [-0.05, 0) is 37.1 Å². The largest absolute Gasteiger partial charge is 0.493 e. The van der Waals surface area contributed by atoms with E-state index in [1.807, 2.05) is 35.2 Å². The number of carbonyl (C=O) groups excluding carboxylic acids is 1. The van der Waals surface area contributed by atoms with Crippen molar-refractivity contribution in [1.82, 2.24) is 9.88 Å². The van der Waals surface area contributed by atoms with E-state index in [9.17, 15) is 4.79 Å². The van der Waals surface area contributed by atoms with Crippen molar-refractivity contribution in [1.29, 1.82) is 0 Å². The minimum atomic E-state index is 0.151. The van der Waals surface area contributed by atoms with Crippen molar-refractivity contribution < 1.29 is 14.3 Å². The number of ether oxygens (including phenoxy) is 2. The Labute approximate surface area is 168 Å². The molecule has 1 amide bonds. The molecule has 28 heavy (non-hydrogen) atoms. The second-order valence-electron chi connectivity index (χ2n) is 6.92. The third-order valence-electron chi connectivity index (χ3n) is 5.15. The van der Waals surface area contributed by atoms with E-state index >= 15 is 0 Å². The van der Waals surface area contributed by atoms with Crippen LogP contribution in [0.4, 0.5) is 0 Å². The lowest BCUT2D eigenvalue weighted by Crippen LogP contribution is -2.38. The monoisotopic (exact) mass is 396 g/mol. The summed E-state index contributed by atoms with van der Waals surface area (Å²) in [6.07, 6.45) is 2.32. The van der Waals surface area contributed by atoms with E-state index in [1.54, 1.807) is 18.4 Å². The number of thiazole rings is 1. The van der Waals surface area contributed by atoms with Gasteiger partial charge in [0, 0.05) is 19.0 Å². The third kappa shape index (κ3) is 4.12. The Kier molecular flexibility index (Phi) is 5.76. The van der Waals surface area contributed by atoms with Crippen molar-refractivity contribution >= 4 is 27.5 Å². The van der Waals surface area contributed by atoms with Crippen molar-refractivity contribution in [3.8, 4) is 11.5 Å². The Hall–Kier alpha value is -2.60. The van der Waals surface area contributed by atoms with Crippen LogP contribution in [0, 0.1) is 0 Å². The SMILES string of the molecule is COc1ccccc1OCCC(=O)N1CCC(c2nc3ccccc3s2)CC1. The fourth-order valence-electron chi connectivity index (χ4n) is 3.58. The van der Waals surface area contributed by atoms with E-state index in [-0.39, 0.29) is 5.91 Å². The van der Waals surface area contributed by atoms with Gasteiger partial charge in [0.05, 0.1) is 35.4 Å². The highest BCUT2D eigenvalue weighted by atomic mass is 32.1. The summed E-state index contributed by atoms with van der Waals surface area (Å²) < 4.78 is 12.2. The molecule has 0 spiro atoms. The van der Waals surface area contributed by atoms with Gasteiger partial charge in [-0.15, -0.1) is 11.3 Å². The van der Waals surface area contributed by atoms with Crippen LogP contribution >= 0.6 is 11.3 Å². The van der Waals surface area contributed by atoms with E-state index in [2.05, 4.69) is 18.2 Å². The Morgan fingerprint density at radius 2 is 1.82 bits per heavy atom. The number of piperidine rings is 1. The van der Waals surface area contributed by atoms with Crippen LogP contribution in [0.5, 0.6) is 11.5 Å². The molecule has 146 valence electrons. The van der Waals surface area contributed by atoms with Crippen LogP contribution < -0.4 is 9.47 Å². The van der Waals surface area contributed by atoms with E-state index < -0.39 is 0 Å². The predicted octanol–water partition coefficient (Wildman–Crippen LogP) is 4.48. The molecule has 6 heteroatoms. The first-order valence-electron chi connectivity index (χ1n) is 9.63. The van der Waals surface area contributed by atoms with Gasteiger partial charge >= 0.3 is 0 Å². The van der Waals surface area contributed by atoms with Crippen LogP contribution in [0.2, 0.25) is 0 Å². The van der Waals surface area contributed by atoms with Gasteiger partial charge in [0.1, 0.15) is 0 Å². The number of methoxy groups -OCH3 is 1. The topological polar surface area (TPSA) is 51.7 Å². The van der Waals surface area contributed by atoms with Crippen molar-refractivity contribution in [3.05, 3.63) is 53.5 Å². The molecule has 1 fully saturated rings. The summed E-state index contributed by atoms with van der Waals surface area (Å²) in [5.74, 6) is 1.96. The lowest BCUT2D eigenvalue weighted by Gasteiger charge is -2.31. The second-order valence-corrected chi connectivity index (χ2v) is 7.99. The average Bonchev–Trinajstić information content (AvgIpc) is 3.18. The van der Waals surface area contributed by atoms with Gasteiger partial charge in [-0.1, -0.05) is 24.3 Å². The minimum Gasteiger partial charge on any atom is -0.493 e. The molecule has 1 saturated heterocycles. The first kappa shape index (κ1) is 18.7. The molecular weight excluding hydrogens is 372 g/mol. The second kappa shape index (κ2) is 8.61.